The first kappa shape index (κ1) is 19.9. The Morgan fingerprint density at radius 1 is 0.906 bits per heavy atom. The van der Waals surface area contributed by atoms with Crippen LogP contribution in [0.1, 0.15) is 12.0 Å². The standard InChI is InChI=1S/C27H23N3O2/c1-32-22-15-12-19(13-16-22)11-14-21(31)18-30-27-23-9-5-6-10-25(23)28-17-24(27)26(29-30)20-7-3-2-4-8-20/h2-10,12-13,15-17H,11,14,18H2,1H3. The number of carbonyl (C=O) groups is 1. The van der Waals surface area contributed by atoms with Gasteiger partial charge in [-0.05, 0) is 30.2 Å². The Balaban J connectivity index is 1.48. The summed E-state index contributed by atoms with van der Waals surface area (Å²) in [5, 5.41) is 6.83. The molecule has 0 aliphatic carbocycles. The zero-order valence-electron chi connectivity index (χ0n) is 17.9. The van der Waals surface area contributed by atoms with E-state index in [2.05, 4.69) is 4.98 Å². The zero-order valence-corrected chi connectivity index (χ0v) is 17.9. The van der Waals surface area contributed by atoms with E-state index < -0.39 is 0 Å². The van der Waals surface area contributed by atoms with Crippen molar-refractivity contribution in [2.75, 3.05) is 7.11 Å². The Labute approximate surface area is 186 Å². The monoisotopic (exact) mass is 421 g/mol. The number of fused-ring (bicyclic) bond motifs is 3. The van der Waals surface area contributed by atoms with E-state index in [0.29, 0.717) is 12.8 Å². The number of ether oxygens (including phenoxy) is 1. The molecule has 5 aromatic rings. The van der Waals surface area contributed by atoms with Gasteiger partial charge in [-0.3, -0.25) is 14.5 Å². The predicted octanol–water partition coefficient (Wildman–Crippen LogP) is 5.46. The van der Waals surface area contributed by atoms with Crippen LogP contribution in [0.3, 0.4) is 0 Å². The molecule has 3 aromatic carbocycles. The molecule has 0 saturated carbocycles. The summed E-state index contributed by atoms with van der Waals surface area (Å²) in [6.45, 7) is 0.230. The lowest BCUT2D eigenvalue weighted by atomic mass is 10.1. The van der Waals surface area contributed by atoms with Gasteiger partial charge in [0.05, 0.1) is 18.1 Å². The van der Waals surface area contributed by atoms with Crippen molar-refractivity contribution in [2.24, 2.45) is 0 Å². The van der Waals surface area contributed by atoms with E-state index in [9.17, 15) is 4.79 Å². The second-order valence-electron chi connectivity index (χ2n) is 7.80. The van der Waals surface area contributed by atoms with Crippen LogP contribution in [0, 0.1) is 0 Å². The van der Waals surface area contributed by atoms with Gasteiger partial charge in [-0.2, -0.15) is 5.10 Å². The topological polar surface area (TPSA) is 57.0 Å². The maximum Gasteiger partial charge on any atom is 0.154 e. The van der Waals surface area contributed by atoms with Crippen molar-refractivity contribution in [1.82, 2.24) is 14.8 Å². The molecule has 0 amide bonds. The van der Waals surface area contributed by atoms with E-state index in [-0.39, 0.29) is 12.3 Å². The number of nitrogens with zero attached hydrogens (tertiary/aromatic N) is 3. The average Bonchev–Trinajstić information content (AvgIpc) is 3.22. The molecule has 0 bridgehead atoms. The van der Waals surface area contributed by atoms with Crippen LogP contribution in [0.2, 0.25) is 0 Å². The number of pyridine rings is 1. The van der Waals surface area contributed by atoms with Gasteiger partial charge in [-0.25, -0.2) is 0 Å². The first-order valence-corrected chi connectivity index (χ1v) is 10.7. The minimum absolute atomic E-state index is 0.144. The van der Waals surface area contributed by atoms with Crippen molar-refractivity contribution >= 4 is 27.6 Å². The molecule has 0 saturated heterocycles. The Hall–Kier alpha value is -3.99. The van der Waals surface area contributed by atoms with Crippen LogP contribution in [-0.4, -0.2) is 27.7 Å². The number of hydrogen-bond acceptors (Lipinski definition) is 4. The van der Waals surface area contributed by atoms with Crippen molar-refractivity contribution in [3.05, 3.63) is 90.6 Å². The van der Waals surface area contributed by atoms with Crippen LogP contribution in [0.5, 0.6) is 5.75 Å². The van der Waals surface area contributed by atoms with Gasteiger partial charge in [-0.15, -0.1) is 0 Å². The van der Waals surface area contributed by atoms with Crippen molar-refractivity contribution in [1.29, 1.82) is 0 Å². The van der Waals surface area contributed by atoms with Gasteiger partial charge in [-0.1, -0.05) is 60.7 Å². The summed E-state index contributed by atoms with van der Waals surface area (Å²) in [4.78, 5) is 17.6. The van der Waals surface area contributed by atoms with Crippen LogP contribution in [0.4, 0.5) is 0 Å². The first-order valence-electron chi connectivity index (χ1n) is 10.7. The number of rotatable bonds is 7. The maximum absolute atomic E-state index is 12.9. The smallest absolute Gasteiger partial charge is 0.154 e. The van der Waals surface area contributed by atoms with Crippen LogP contribution < -0.4 is 4.74 Å². The Morgan fingerprint density at radius 3 is 2.44 bits per heavy atom. The summed E-state index contributed by atoms with van der Waals surface area (Å²) in [5.74, 6) is 0.961. The van der Waals surface area contributed by atoms with E-state index in [4.69, 9.17) is 9.84 Å². The number of ketones is 1. The molecule has 0 aliphatic heterocycles. The molecule has 2 heterocycles. The summed E-state index contributed by atoms with van der Waals surface area (Å²) in [7, 11) is 1.65. The van der Waals surface area contributed by atoms with E-state index in [1.807, 2.05) is 89.7 Å². The molecule has 5 heteroatoms. The molecule has 0 aliphatic rings. The summed E-state index contributed by atoms with van der Waals surface area (Å²) in [5.41, 5.74) is 4.82. The number of methoxy groups -OCH3 is 1. The molecule has 0 unspecified atom stereocenters. The quantitative estimate of drug-likeness (QED) is 0.350. The average molecular weight is 422 g/mol. The molecule has 0 N–H and O–H groups in total. The number of para-hydroxylation sites is 1. The summed E-state index contributed by atoms with van der Waals surface area (Å²) in [6, 6.07) is 25.9. The number of hydrogen-bond donors (Lipinski definition) is 0. The van der Waals surface area contributed by atoms with E-state index in [1.54, 1.807) is 7.11 Å². The molecule has 0 radical (unpaired) electrons. The van der Waals surface area contributed by atoms with Gasteiger partial charge >= 0.3 is 0 Å². The summed E-state index contributed by atoms with van der Waals surface area (Å²) < 4.78 is 7.05. The summed E-state index contributed by atoms with van der Waals surface area (Å²) in [6.07, 6.45) is 3.01. The van der Waals surface area contributed by atoms with Gasteiger partial charge in [0.1, 0.15) is 18.0 Å². The van der Waals surface area contributed by atoms with E-state index in [0.717, 1.165) is 44.4 Å². The Bertz CT molecular complexity index is 1390. The first-order chi connectivity index (χ1) is 15.7. The lowest BCUT2D eigenvalue weighted by Crippen LogP contribution is -2.12. The van der Waals surface area contributed by atoms with Gasteiger partial charge in [0.25, 0.3) is 0 Å². The van der Waals surface area contributed by atoms with Crippen molar-refractivity contribution in [3.8, 4) is 17.0 Å². The highest BCUT2D eigenvalue weighted by molar-refractivity contribution is 6.08. The highest BCUT2D eigenvalue weighted by Crippen LogP contribution is 2.31. The van der Waals surface area contributed by atoms with Gasteiger partial charge in [0.15, 0.2) is 5.78 Å². The van der Waals surface area contributed by atoms with Crippen molar-refractivity contribution in [3.63, 3.8) is 0 Å². The van der Waals surface area contributed by atoms with Gasteiger partial charge in [0, 0.05) is 29.0 Å². The number of aromatic nitrogens is 3. The largest absolute Gasteiger partial charge is 0.497 e. The van der Waals surface area contributed by atoms with Crippen molar-refractivity contribution < 1.29 is 9.53 Å². The Kier molecular flexibility index (Phi) is 5.38. The number of benzene rings is 3. The molecule has 5 rings (SSSR count). The molecule has 32 heavy (non-hydrogen) atoms. The number of carbonyl (C=O) groups excluding carboxylic acids is 1. The number of Topliss-reactive ketones (excluding diaryl/α,β-unsaturated/α-hetero) is 1. The normalized spacial score (nSPS) is 11.2. The second-order valence-corrected chi connectivity index (χ2v) is 7.80. The third-order valence-electron chi connectivity index (χ3n) is 5.71. The fourth-order valence-electron chi connectivity index (χ4n) is 4.05. The molecule has 0 atom stereocenters. The summed E-state index contributed by atoms with van der Waals surface area (Å²) >= 11 is 0. The molecular weight excluding hydrogens is 398 g/mol. The van der Waals surface area contributed by atoms with E-state index in [1.165, 1.54) is 0 Å². The maximum atomic E-state index is 12.9. The van der Waals surface area contributed by atoms with Crippen LogP contribution in [0.25, 0.3) is 33.1 Å². The molecule has 158 valence electrons. The molecule has 0 spiro atoms. The van der Waals surface area contributed by atoms with E-state index >= 15 is 0 Å². The Morgan fingerprint density at radius 2 is 1.66 bits per heavy atom. The molecule has 5 nitrogen and oxygen atoms in total. The fraction of sp³-hybridized carbons (Fsp3) is 0.148. The second kappa shape index (κ2) is 8.63. The zero-order chi connectivity index (χ0) is 21.9. The van der Waals surface area contributed by atoms with Crippen LogP contribution in [0.15, 0.2) is 85.1 Å². The van der Waals surface area contributed by atoms with Gasteiger partial charge in [0.2, 0.25) is 0 Å². The highest BCUT2D eigenvalue weighted by atomic mass is 16.5. The third-order valence-corrected chi connectivity index (χ3v) is 5.71. The number of aryl methyl sites for hydroxylation is 1. The highest BCUT2D eigenvalue weighted by Gasteiger charge is 2.17. The molecule has 2 aromatic heterocycles. The SMILES string of the molecule is COc1ccc(CCC(=O)Cn2nc(-c3ccccc3)c3cnc4ccccc4c32)cc1. The van der Waals surface area contributed by atoms with Crippen molar-refractivity contribution in [2.45, 2.75) is 19.4 Å². The lowest BCUT2D eigenvalue weighted by molar-refractivity contribution is -0.119. The predicted molar refractivity (Wildman–Crippen MR) is 127 cm³/mol. The van der Waals surface area contributed by atoms with Gasteiger partial charge < -0.3 is 4.74 Å². The van der Waals surface area contributed by atoms with Crippen LogP contribution >= 0.6 is 0 Å². The molecule has 0 fully saturated rings. The third kappa shape index (κ3) is 3.85. The lowest BCUT2D eigenvalue weighted by Gasteiger charge is -2.06. The fourth-order valence-corrected chi connectivity index (χ4v) is 4.05. The van der Waals surface area contributed by atoms with Crippen LogP contribution in [-0.2, 0) is 17.8 Å². The minimum atomic E-state index is 0.144. The minimum Gasteiger partial charge on any atom is -0.497 e. The molecular formula is C27H23N3O2.